The Morgan fingerprint density at radius 2 is 1.94 bits per heavy atom. The molecular formula is C14H18N4. The van der Waals surface area contributed by atoms with E-state index in [1.165, 1.54) is 11.1 Å². The lowest BCUT2D eigenvalue weighted by Gasteiger charge is -2.07. The van der Waals surface area contributed by atoms with Crippen LogP contribution in [0.3, 0.4) is 0 Å². The predicted molar refractivity (Wildman–Crippen MR) is 74.5 cm³/mol. The number of anilines is 1. The van der Waals surface area contributed by atoms with Crippen molar-refractivity contribution in [3.8, 4) is 11.3 Å². The third-order valence-corrected chi connectivity index (χ3v) is 2.77. The maximum Gasteiger partial charge on any atom is 0.148 e. The molecule has 1 heterocycles. The number of hydrogen-bond donors (Lipinski definition) is 2. The molecule has 4 nitrogen and oxygen atoms in total. The van der Waals surface area contributed by atoms with E-state index < -0.39 is 0 Å². The van der Waals surface area contributed by atoms with Crippen molar-refractivity contribution >= 4 is 5.82 Å². The maximum absolute atomic E-state index is 5.42. The molecule has 3 N–H and O–H groups in total. The minimum atomic E-state index is 0.584. The summed E-state index contributed by atoms with van der Waals surface area (Å²) in [6, 6.07) is 10.2. The largest absolute Gasteiger partial charge is 0.367 e. The highest BCUT2D eigenvalue weighted by molar-refractivity contribution is 5.64. The van der Waals surface area contributed by atoms with Crippen molar-refractivity contribution in [2.45, 2.75) is 13.8 Å². The highest BCUT2D eigenvalue weighted by Gasteiger charge is 2.04. The molecule has 0 amide bonds. The first-order valence-electron chi connectivity index (χ1n) is 6.06. The van der Waals surface area contributed by atoms with Crippen molar-refractivity contribution in [1.82, 2.24) is 10.2 Å². The van der Waals surface area contributed by atoms with Crippen LogP contribution in [0, 0.1) is 13.8 Å². The third-order valence-electron chi connectivity index (χ3n) is 2.77. The van der Waals surface area contributed by atoms with Gasteiger partial charge in [0.1, 0.15) is 5.82 Å². The average Bonchev–Trinajstić information content (AvgIpc) is 2.37. The first kappa shape index (κ1) is 12.5. The van der Waals surface area contributed by atoms with Gasteiger partial charge in [-0.15, -0.1) is 10.2 Å². The number of aromatic nitrogens is 2. The van der Waals surface area contributed by atoms with Crippen molar-refractivity contribution in [2.75, 3.05) is 18.4 Å². The van der Waals surface area contributed by atoms with Gasteiger partial charge in [0.2, 0.25) is 0 Å². The zero-order valence-electron chi connectivity index (χ0n) is 10.8. The number of nitrogens with zero attached hydrogens (tertiary/aromatic N) is 2. The van der Waals surface area contributed by atoms with Crippen LogP contribution in [0.4, 0.5) is 5.82 Å². The van der Waals surface area contributed by atoms with Gasteiger partial charge in [-0.05, 0) is 31.5 Å². The Hall–Kier alpha value is -1.94. The normalized spacial score (nSPS) is 10.4. The summed E-state index contributed by atoms with van der Waals surface area (Å²) < 4.78 is 0. The van der Waals surface area contributed by atoms with Crippen molar-refractivity contribution in [3.05, 3.63) is 41.5 Å². The molecule has 0 radical (unpaired) electrons. The molecule has 0 aliphatic heterocycles. The van der Waals surface area contributed by atoms with E-state index in [1.54, 1.807) is 0 Å². The summed E-state index contributed by atoms with van der Waals surface area (Å²) in [6.07, 6.45) is 0. The molecule has 1 aromatic carbocycles. The summed E-state index contributed by atoms with van der Waals surface area (Å²) in [5, 5.41) is 11.5. The summed E-state index contributed by atoms with van der Waals surface area (Å²) in [5.41, 5.74) is 9.91. The smallest absolute Gasteiger partial charge is 0.148 e. The van der Waals surface area contributed by atoms with Gasteiger partial charge in [-0.3, -0.25) is 0 Å². The molecule has 0 unspecified atom stereocenters. The highest BCUT2D eigenvalue weighted by atomic mass is 15.2. The second kappa shape index (κ2) is 5.60. The van der Waals surface area contributed by atoms with Crippen molar-refractivity contribution in [2.24, 2.45) is 5.73 Å². The number of benzene rings is 1. The number of rotatable bonds is 4. The SMILES string of the molecule is Cc1ccc(-c2ccc(NCCN)nn2)c(C)c1. The lowest BCUT2D eigenvalue weighted by Crippen LogP contribution is -2.14. The van der Waals surface area contributed by atoms with E-state index in [2.05, 4.69) is 47.6 Å². The van der Waals surface area contributed by atoms with Gasteiger partial charge < -0.3 is 11.1 Å². The van der Waals surface area contributed by atoms with Gasteiger partial charge in [0.05, 0.1) is 5.69 Å². The third kappa shape index (κ3) is 2.84. The van der Waals surface area contributed by atoms with E-state index in [0.717, 1.165) is 17.1 Å². The molecule has 2 rings (SSSR count). The topological polar surface area (TPSA) is 63.8 Å². The fourth-order valence-electron chi connectivity index (χ4n) is 1.87. The lowest BCUT2D eigenvalue weighted by atomic mass is 10.0. The molecule has 0 aliphatic carbocycles. The van der Waals surface area contributed by atoms with E-state index in [1.807, 2.05) is 12.1 Å². The van der Waals surface area contributed by atoms with Crippen molar-refractivity contribution in [3.63, 3.8) is 0 Å². The zero-order chi connectivity index (χ0) is 13.0. The molecule has 0 saturated carbocycles. The van der Waals surface area contributed by atoms with E-state index >= 15 is 0 Å². The quantitative estimate of drug-likeness (QED) is 0.862. The molecule has 0 fully saturated rings. The minimum Gasteiger partial charge on any atom is -0.367 e. The van der Waals surface area contributed by atoms with Gasteiger partial charge in [-0.1, -0.05) is 23.8 Å². The van der Waals surface area contributed by atoms with Crippen LogP contribution in [0.15, 0.2) is 30.3 Å². The molecule has 18 heavy (non-hydrogen) atoms. The predicted octanol–water partition coefficient (Wildman–Crippen LogP) is 2.13. The number of nitrogens with one attached hydrogen (secondary N) is 1. The monoisotopic (exact) mass is 242 g/mol. The minimum absolute atomic E-state index is 0.584. The van der Waals surface area contributed by atoms with Gasteiger partial charge in [-0.2, -0.15) is 0 Å². The standard InChI is InChI=1S/C14H18N4/c1-10-3-4-12(11(2)9-10)13-5-6-14(18-17-13)16-8-7-15/h3-6,9H,7-8,15H2,1-2H3,(H,16,18). The summed E-state index contributed by atoms with van der Waals surface area (Å²) in [5.74, 6) is 0.758. The van der Waals surface area contributed by atoms with Crippen LogP contribution >= 0.6 is 0 Å². The van der Waals surface area contributed by atoms with Crippen LogP contribution in [0.1, 0.15) is 11.1 Å². The lowest BCUT2D eigenvalue weighted by molar-refractivity contribution is 0.973. The van der Waals surface area contributed by atoms with Gasteiger partial charge in [0, 0.05) is 18.7 Å². The molecule has 0 bridgehead atoms. The molecule has 0 saturated heterocycles. The Bertz CT molecular complexity index is 520. The van der Waals surface area contributed by atoms with Gasteiger partial charge in [0.25, 0.3) is 0 Å². The van der Waals surface area contributed by atoms with Gasteiger partial charge >= 0.3 is 0 Å². The first-order valence-corrected chi connectivity index (χ1v) is 6.06. The van der Waals surface area contributed by atoms with Crippen LogP contribution in [0.25, 0.3) is 11.3 Å². The Balaban J connectivity index is 2.23. The Labute approximate surface area is 107 Å². The second-order valence-electron chi connectivity index (χ2n) is 4.34. The molecule has 0 atom stereocenters. The molecular weight excluding hydrogens is 224 g/mol. The Kier molecular flexibility index (Phi) is 3.89. The highest BCUT2D eigenvalue weighted by Crippen LogP contribution is 2.22. The van der Waals surface area contributed by atoms with Crippen LogP contribution in [-0.4, -0.2) is 23.3 Å². The van der Waals surface area contributed by atoms with Crippen LogP contribution in [0.5, 0.6) is 0 Å². The summed E-state index contributed by atoms with van der Waals surface area (Å²) >= 11 is 0. The fraction of sp³-hybridized carbons (Fsp3) is 0.286. The Morgan fingerprint density at radius 3 is 2.56 bits per heavy atom. The molecule has 0 aliphatic rings. The first-order chi connectivity index (χ1) is 8.70. The zero-order valence-corrected chi connectivity index (χ0v) is 10.8. The molecule has 94 valence electrons. The van der Waals surface area contributed by atoms with Crippen molar-refractivity contribution in [1.29, 1.82) is 0 Å². The maximum atomic E-state index is 5.42. The summed E-state index contributed by atoms with van der Waals surface area (Å²) in [7, 11) is 0. The van der Waals surface area contributed by atoms with Crippen LogP contribution < -0.4 is 11.1 Å². The van der Waals surface area contributed by atoms with E-state index in [4.69, 9.17) is 5.73 Å². The number of aryl methyl sites for hydroxylation is 2. The fourth-order valence-corrected chi connectivity index (χ4v) is 1.87. The van der Waals surface area contributed by atoms with E-state index in [-0.39, 0.29) is 0 Å². The van der Waals surface area contributed by atoms with Crippen molar-refractivity contribution < 1.29 is 0 Å². The van der Waals surface area contributed by atoms with E-state index in [9.17, 15) is 0 Å². The van der Waals surface area contributed by atoms with Gasteiger partial charge in [0.15, 0.2) is 0 Å². The molecule has 4 heteroatoms. The number of nitrogens with two attached hydrogens (primary N) is 1. The second-order valence-corrected chi connectivity index (χ2v) is 4.34. The van der Waals surface area contributed by atoms with E-state index in [0.29, 0.717) is 13.1 Å². The Morgan fingerprint density at radius 1 is 1.11 bits per heavy atom. The summed E-state index contributed by atoms with van der Waals surface area (Å²) in [4.78, 5) is 0. The molecule has 1 aromatic heterocycles. The molecule has 2 aromatic rings. The van der Waals surface area contributed by atoms with Crippen LogP contribution in [0.2, 0.25) is 0 Å². The molecule has 0 spiro atoms. The number of hydrogen-bond acceptors (Lipinski definition) is 4. The van der Waals surface area contributed by atoms with Gasteiger partial charge in [-0.25, -0.2) is 0 Å². The average molecular weight is 242 g/mol. The summed E-state index contributed by atoms with van der Waals surface area (Å²) in [6.45, 7) is 5.46. The van der Waals surface area contributed by atoms with Crippen LogP contribution in [-0.2, 0) is 0 Å².